The minimum absolute atomic E-state index is 0.0415. The van der Waals surface area contributed by atoms with Gasteiger partial charge in [0.05, 0.1) is 17.1 Å². The van der Waals surface area contributed by atoms with E-state index < -0.39 is 17.5 Å². The van der Waals surface area contributed by atoms with Crippen molar-refractivity contribution in [1.82, 2.24) is 14.5 Å². The molecule has 0 saturated carbocycles. The van der Waals surface area contributed by atoms with E-state index in [1.807, 2.05) is 49.6 Å². The summed E-state index contributed by atoms with van der Waals surface area (Å²) in [6.45, 7) is 6.49. The lowest BCUT2D eigenvalue weighted by Crippen LogP contribution is -2.57. The molecule has 152 valence electrons. The molecule has 7 nitrogen and oxygen atoms in total. The number of piperidine rings is 1. The molecule has 2 heterocycles. The number of carboxylic acid groups (broad SMARTS) is 1. The van der Waals surface area contributed by atoms with Gasteiger partial charge in [0.1, 0.15) is 17.8 Å². The van der Waals surface area contributed by atoms with Gasteiger partial charge in [-0.1, -0.05) is 39.3 Å². The summed E-state index contributed by atoms with van der Waals surface area (Å²) in [5, 5.41) is 20.2. The third-order valence-corrected chi connectivity index (χ3v) is 5.75. The van der Waals surface area contributed by atoms with Gasteiger partial charge >= 0.3 is 5.97 Å². The number of carbonyl (C=O) groups excluding carboxylic acids is 1. The van der Waals surface area contributed by atoms with Gasteiger partial charge in [0.15, 0.2) is 0 Å². The molecule has 0 spiro atoms. The van der Waals surface area contributed by atoms with Gasteiger partial charge in [-0.3, -0.25) is 9.59 Å². The van der Waals surface area contributed by atoms with Crippen LogP contribution in [0.1, 0.15) is 51.8 Å². The van der Waals surface area contributed by atoms with Crippen LogP contribution in [0.3, 0.4) is 0 Å². The van der Waals surface area contributed by atoms with Gasteiger partial charge in [-0.15, -0.1) is 0 Å². The van der Waals surface area contributed by atoms with Gasteiger partial charge in [0.25, 0.3) is 0 Å². The molecule has 1 aromatic heterocycles. The monoisotopic (exact) mass is 387 g/mol. The lowest BCUT2D eigenvalue weighted by atomic mass is 9.74. The number of aliphatic hydroxyl groups is 1. The zero-order chi connectivity index (χ0) is 20.5. The van der Waals surface area contributed by atoms with Gasteiger partial charge in [-0.25, -0.2) is 4.98 Å². The summed E-state index contributed by atoms with van der Waals surface area (Å²) < 4.78 is 1.93. The molecule has 1 saturated heterocycles. The third-order valence-electron chi connectivity index (χ3n) is 5.75. The number of hydrogen-bond acceptors (Lipinski definition) is 4. The summed E-state index contributed by atoms with van der Waals surface area (Å²) in [6.07, 6.45) is 0.321. The van der Waals surface area contributed by atoms with Crippen molar-refractivity contribution < 1.29 is 19.8 Å². The van der Waals surface area contributed by atoms with E-state index in [0.29, 0.717) is 19.4 Å². The molecular weight excluding hydrogens is 358 g/mol. The Morgan fingerprint density at radius 1 is 1.32 bits per heavy atom. The van der Waals surface area contributed by atoms with Crippen molar-refractivity contribution in [3.05, 3.63) is 30.1 Å². The highest BCUT2D eigenvalue weighted by Crippen LogP contribution is 2.36. The molecule has 1 aliphatic heterocycles. The molecule has 1 aliphatic rings. The highest BCUT2D eigenvalue weighted by Gasteiger charge is 2.49. The number of carboxylic acids is 1. The normalized spacial score (nSPS) is 22.8. The summed E-state index contributed by atoms with van der Waals surface area (Å²) in [5.74, 6) is -0.180. The summed E-state index contributed by atoms with van der Waals surface area (Å²) in [7, 11) is 0. The zero-order valence-electron chi connectivity index (χ0n) is 16.8. The Kier molecular flexibility index (Phi) is 5.74. The van der Waals surface area contributed by atoms with Gasteiger partial charge in [-0.2, -0.15) is 0 Å². The largest absolute Gasteiger partial charge is 0.481 e. The Balaban J connectivity index is 1.88. The minimum Gasteiger partial charge on any atom is -0.481 e. The number of benzene rings is 1. The second-order valence-corrected chi connectivity index (χ2v) is 8.03. The summed E-state index contributed by atoms with van der Waals surface area (Å²) >= 11 is 0. The number of rotatable bonds is 6. The number of para-hydroxylation sites is 2. The van der Waals surface area contributed by atoms with Gasteiger partial charge in [0.2, 0.25) is 5.91 Å². The van der Waals surface area contributed by atoms with Gasteiger partial charge in [-0.05, 0) is 25.0 Å². The van der Waals surface area contributed by atoms with Crippen LogP contribution in [-0.4, -0.2) is 55.7 Å². The second-order valence-electron chi connectivity index (χ2n) is 8.03. The molecule has 0 unspecified atom stereocenters. The number of carbonyl (C=O) groups is 2. The Hall–Kier alpha value is -2.41. The van der Waals surface area contributed by atoms with E-state index in [0.717, 1.165) is 16.9 Å². The van der Waals surface area contributed by atoms with Crippen LogP contribution >= 0.6 is 0 Å². The number of likely N-dealkylation sites (tertiary alicyclic amines) is 1. The number of amides is 1. The van der Waals surface area contributed by atoms with Gasteiger partial charge in [0, 0.05) is 19.0 Å². The fourth-order valence-electron chi connectivity index (χ4n) is 4.24. The second kappa shape index (κ2) is 7.91. The maximum absolute atomic E-state index is 13.1. The molecule has 28 heavy (non-hydrogen) atoms. The molecule has 0 bridgehead atoms. The van der Waals surface area contributed by atoms with E-state index in [4.69, 9.17) is 0 Å². The topological polar surface area (TPSA) is 95.7 Å². The maximum atomic E-state index is 13.1. The molecule has 2 atom stereocenters. The van der Waals surface area contributed by atoms with Crippen molar-refractivity contribution >= 4 is 22.9 Å². The zero-order valence-corrected chi connectivity index (χ0v) is 16.8. The first-order valence-corrected chi connectivity index (χ1v) is 9.94. The summed E-state index contributed by atoms with van der Waals surface area (Å²) in [4.78, 5) is 31.3. The number of fused-ring (bicyclic) bond motifs is 1. The Labute approximate surface area is 165 Å². The molecule has 2 N–H and O–H groups in total. The first-order valence-electron chi connectivity index (χ1n) is 9.94. The third kappa shape index (κ3) is 3.51. The fraction of sp³-hybridized carbons (Fsp3) is 0.571. The first kappa shape index (κ1) is 20.3. The number of hydrogen-bond donors (Lipinski definition) is 2. The number of nitrogens with zero attached hydrogens (tertiary/aromatic N) is 3. The van der Waals surface area contributed by atoms with Crippen LogP contribution in [0.25, 0.3) is 11.0 Å². The SMILES string of the molecule is CCC[C@@]1(C(=O)O)CN(C(=O)Cn2c(C(C)C)nc3ccccc32)CC[C@@H]1O. The highest BCUT2D eigenvalue weighted by molar-refractivity contribution is 5.83. The van der Waals surface area contributed by atoms with Crippen LogP contribution in [0, 0.1) is 5.41 Å². The van der Waals surface area contributed by atoms with Crippen molar-refractivity contribution in [1.29, 1.82) is 0 Å². The lowest BCUT2D eigenvalue weighted by Gasteiger charge is -2.43. The van der Waals surface area contributed by atoms with E-state index in [1.165, 1.54) is 0 Å². The van der Waals surface area contributed by atoms with Crippen LogP contribution in [0.15, 0.2) is 24.3 Å². The molecule has 7 heteroatoms. The van der Waals surface area contributed by atoms with Crippen LogP contribution in [0.2, 0.25) is 0 Å². The molecular formula is C21H29N3O4. The standard InChI is InChI=1S/C21H29N3O4/c1-4-10-21(20(27)28)13-23(11-9-17(21)25)18(26)12-24-16-8-6-5-7-15(16)22-19(24)14(2)3/h5-8,14,17,25H,4,9-13H2,1-3H3,(H,27,28)/t17-,21+/m0/s1. The van der Waals surface area contributed by atoms with E-state index in [1.54, 1.807) is 4.90 Å². The smallest absolute Gasteiger partial charge is 0.314 e. The fourth-order valence-corrected chi connectivity index (χ4v) is 4.24. The predicted molar refractivity (Wildman–Crippen MR) is 106 cm³/mol. The number of aliphatic carboxylic acids is 1. The number of imidazole rings is 1. The van der Waals surface area contributed by atoms with Crippen LogP contribution < -0.4 is 0 Å². The number of aromatic nitrogens is 2. The Morgan fingerprint density at radius 3 is 2.68 bits per heavy atom. The van der Waals surface area contributed by atoms with E-state index >= 15 is 0 Å². The van der Waals surface area contributed by atoms with Crippen molar-refractivity contribution in [2.45, 2.75) is 58.6 Å². The van der Waals surface area contributed by atoms with E-state index in [2.05, 4.69) is 4.98 Å². The highest BCUT2D eigenvalue weighted by atomic mass is 16.4. The van der Waals surface area contributed by atoms with Crippen molar-refractivity contribution in [2.24, 2.45) is 5.41 Å². The average molecular weight is 387 g/mol. The van der Waals surface area contributed by atoms with Gasteiger partial charge < -0.3 is 19.7 Å². The molecule has 3 rings (SSSR count). The van der Waals surface area contributed by atoms with Crippen LogP contribution in [0.4, 0.5) is 0 Å². The van der Waals surface area contributed by atoms with E-state index in [-0.39, 0.29) is 31.3 Å². The first-order chi connectivity index (χ1) is 13.3. The minimum atomic E-state index is -1.29. The molecule has 1 aromatic carbocycles. The summed E-state index contributed by atoms with van der Waals surface area (Å²) in [5.41, 5.74) is 0.453. The van der Waals surface area contributed by atoms with Crippen molar-refractivity contribution in [3.8, 4) is 0 Å². The van der Waals surface area contributed by atoms with E-state index in [9.17, 15) is 19.8 Å². The molecule has 0 radical (unpaired) electrons. The molecule has 1 fully saturated rings. The van der Waals surface area contributed by atoms with Crippen LogP contribution in [-0.2, 0) is 16.1 Å². The number of aliphatic hydroxyl groups excluding tert-OH is 1. The predicted octanol–water partition coefficient (Wildman–Crippen LogP) is 2.62. The Morgan fingerprint density at radius 2 is 2.04 bits per heavy atom. The molecule has 2 aromatic rings. The Bertz CT molecular complexity index is 876. The quantitative estimate of drug-likeness (QED) is 0.794. The average Bonchev–Trinajstić information content (AvgIpc) is 3.02. The van der Waals surface area contributed by atoms with Crippen LogP contribution in [0.5, 0.6) is 0 Å². The van der Waals surface area contributed by atoms with Crippen molar-refractivity contribution in [2.75, 3.05) is 13.1 Å². The molecule has 0 aliphatic carbocycles. The summed E-state index contributed by atoms with van der Waals surface area (Å²) in [6, 6.07) is 7.71. The lowest BCUT2D eigenvalue weighted by molar-refractivity contribution is -0.167. The maximum Gasteiger partial charge on any atom is 0.314 e. The molecule has 1 amide bonds. The van der Waals surface area contributed by atoms with Crippen molar-refractivity contribution in [3.63, 3.8) is 0 Å².